The standard InChI is InChI=1S/C27H50O3Si2/c1-19(29-31(4,5)6)27(28)17-14-24-22-11-10-20-18-21(30-32(7,8)9)12-15-25(20,2)23(22)13-16-26(24,27)3/h18-19,21-24,28H,10-17H2,1-9H3. The second-order valence-corrected chi connectivity index (χ2v) is 23.0. The molecule has 3 saturated carbocycles. The molecule has 0 aromatic carbocycles. The van der Waals surface area contributed by atoms with Gasteiger partial charge in [0.2, 0.25) is 0 Å². The zero-order valence-corrected chi connectivity index (χ0v) is 24.4. The summed E-state index contributed by atoms with van der Waals surface area (Å²) in [7, 11) is -3.21. The first-order valence-electron chi connectivity index (χ1n) is 13.4. The van der Waals surface area contributed by atoms with Gasteiger partial charge in [0, 0.05) is 5.41 Å². The summed E-state index contributed by atoms with van der Waals surface area (Å²) in [4.78, 5) is 0. The van der Waals surface area contributed by atoms with E-state index in [0.717, 1.165) is 24.7 Å². The van der Waals surface area contributed by atoms with Crippen molar-refractivity contribution in [3.05, 3.63) is 11.6 Å². The quantitative estimate of drug-likeness (QED) is 0.337. The molecule has 0 heterocycles. The molecule has 0 radical (unpaired) electrons. The zero-order chi connectivity index (χ0) is 23.7. The first kappa shape index (κ1) is 25.2. The van der Waals surface area contributed by atoms with E-state index in [0.29, 0.717) is 17.4 Å². The Balaban J connectivity index is 1.56. The highest BCUT2D eigenvalue weighted by Gasteiger charge is 2.65. The molecule has 1 N–H and O–H groups in total. The van der Waals surface area contributed by atoms with Crippen LogP contribution in [0.25, 0.3) is 0 Å². The van der Waals surface area contributed by atoms with Crippen molar-refractivity contribution in [1.82, 2.24) is 0 Å². The topological polar surface area (TPSA) is 38.7 Å². The molecule has 0 amide bonds. The third-order valence-electron chi connectivity index (χ3n) is 9.99. The van der Waals surface area contributed by atoms with Gasteiger partial charge < -0.3 is 14.0 Å². The summed E-state index contributed by atoms with van der Waals surface area (Å²) >= 11 is 0. The highest BCUT2D eigenvalue weighted by Crippen LogP contribution is 2.68. The molecule has 0 aromatic heterocycles. The lowest BCUT2D eigenvalue weighted by Gasteiger charge is -2.60. The van der Waals surface area contributed by atoms with Gasteiger partial charge in [-0.15, -0.1) is 0 Å². The fourth-order valence-electron chi connectivity index (χ4n) is 8.59. The summed E-state index contributed by atoms with van der Waals surface area (Å²) in [5.74, 6) is 2.15. The van der Waals surface area contributed by atoms with Crippen LogP contribution in [0.15, 0.2) is 11.6 Å². The van der Waals surface area contributed by atoms with E-state index in [4.69, 9.17) is 8.85 Å². The van der Waals surface area contributed by atoms with Crippen molar-refractivity contribution in [2.75, 3.05) is 0 Å². The minimum atomic E-state index is -1.69. The van der Waals surface area contributed by atoms with E-state index in [1.165, 1.54) is 38.5 Å². The molecule has 0 aliphatic heterocycles. The molecule has 0 aromatic rings. The van der Waals surface area contributed by atoms with Crippen LogP contribution in [-0.2, 0) is 8.85 Å². The van der Waals surface area contributed by atoms with Gasteiger partial charge in [-0.25, -0.2) is 0 Å². The monoisotopic (exact) mass is 478 g/mol. The number of aliphatic hydroxyl groups is 1. The van der Waals surface area contributed by atoms with Crippen LogP contribution in [0.5, 0.6) is 0 Å². The van der Waals surface area contributed by atoms with Crippen LogP contribution in [0.2, 0.25) is 39.3 Å². The summed E-state index contributed by atoms with van der Waals surface area (Å²) in [5, 5.41) is 12.1. The van der Waals surface area contributed by atoms with E-state index in [1.54, 1.807) is 5.57 Å². The van der Waals surface area contributed by atoms with E-state index >= 15 is 0 Å². The minimum Gasteiger partial charge on any atom is -0.412 e. The molecule has 8 unspecified atom stereocenters. The Morgan fingerprint density at radius 2 is 1.56 bits per heavy atom. The lowest BCUT2D eigenvalue weighted by Crippen LogP contribution is -2.59. The van der Waals surface area contributed by atoms with Gasteiger partial charge in [0.05, 0.1) is 17.8 Å². The summed E-state index contributed by atoms with van der Waals surface area (Å²) < 4.78 is 13.0. The largest absolute Gasteiger partial charge is 0.412 e. The molecule has 4 aliphatic rings. The van der Waals surface area contributed by atoms with Crippen molar-refractivity contribution < 1.29 is 14.0 Å². The fraction of sp³-hybridized carbons (Fsp3) is 0.926. The Morgan fingerprint density at radius 3 is 2.19 bits per heavy atom. The summed E-state index contributed by atoms with van der Waals surface area (Å²) in [6.45, 7) is 20.8. The van der Waals surface area contributed by atoms with Gasteiger partial charge in [-0.2, -0.15) is 0 Å². The first-order valence-corrected chi connectivity index (χ1v) is 20.2. The van der Waals surface area contributed by atoms with Crippen LogP contribution in [0, 0.1) is 28.6 Å². The van der Waals surface area contributed by atoms with Crippen LogP contribution in [0.1, 0.15) is 72.1 Å². The Labute approximate surface area is 200 Å². The molecular formula is C27H50O3Si2. The maximum Gasteiger partial charge on any atom is 0.184 e. The highest BCUT2D eigenvalue weighted by molar-refractivity contribution is 6.70. The SMILES string of the molecule is CC(O[Si](C)(C)C)C1(O)CCC2C3CCC4=CC(O[Si](C)(C)C)CCC4(C)C3CCC21C. The smallest absolute Gasteiger partial charge is 0.184 e. The Hall–Kier alpha value is 0.0538. The number of hydrogen-bond donors (Lipinski definition) is 1. The van der Waals surface area contributed by atoms with Crippen molar-refractivity contribution >= 4 is 16.6 Å². The van der Waals surface area contributed by atoms with Crippen LogP contribution in [0.3, 0.4) is 0 Å². The van der Waals surface area contributed by atoms with Gasteiger partial charge in [-0.05, 0) is 121 Å². The molecule has 0 spiro atoms. The van der Waals surface area contributed by atoms with Crippen LogP contribution in [0.4, 0.5) is 0 Å². The predicted molar refractivity (Wildman–Crippen MR) is 139 cm³/mol. The van der Waals surface area contributed by atoms with E-state index in [2.05, 4.69) is 66.1 Å². The lowest BCUT2D eigenvalue weighted by atomic mass is 9.46. The third kappa shape index (κ3) is 4.16. The second-order valence-electron chi connectivity index (χ2n) is 14.1. The van der Waals surface area contributed by atoms with Crippen molar-refractivity contribution in [3.63, 3.8) is 0 Å². The normalized spacial score (nSPS) is 45.5. The molecular weight excluding hydrogens is 428 g/mol. The van der Waals surface area contributed by atoms with E-state index in [1.807, 2.05) is 0 Å². The summed E-state index contributed by atoms with van der Waals surface area (Å²) in [6.07, 6.45) is 12.3. The van der Waals surface area contributed by atoms with Crippen LogP contribution < -0.4 is 0 Å². The zero-order valence-electron chi connectivity index (χ0n) is 22.4. The van der Waals surface area contributed by atoms with Crippen molar-refractivity contribution in [2.24, 2.45) is 28.6 Å². The number of allylic oxidation sites excluding steroid dienone is 1. The Morgan fingerprint density at radius 1 is 0.906 bits per heavy atom. The highest BCUT2D eigenvalue weighted by atomic mass is 28.4. The molecule has 0 saturated heterocycles. The van der Waals surface area contributed by atoms with E-state index in [-0.39, 0.29) is 11.5 Å². The Bertz CT molecular complexity index is 753. The molecule has 8 atom stereocenters. The van der Waals surface area contributed by atoms with Crippen LogP contribution >= 0.6 is 0 Å². The molecule has 3 fully saturated rings. The molecule has 4 aliphatic carbocycles. The number of rotatable bonds is 5. The maximum absolute atomic E-state index is 12.1. The number of fused-ring (bicyclic) bond motifs is 5. The molecule has 5 heteroatoms. The van der Waals surface area contributed by atoms with Crippen LogP contribution in [-0.4, -0.2) is 39.6 Å². The van der Waals surface area contributed by atoms with E-state index in [9.17, 15) is 5.11 Å². The van der Waals surface area contributed by atoms with Gasteiger partial charge in [-0.1, -0.05) is 25.5 Å². The fourth-order valence-corrected chi connectivity index (χ4v) is 10.9. The van der Waals surface area contributed by atoms with Gasteiger partial charge in [0.15, 0.2) is 16.6 Å². The molecule has 0 bridgehead atoms. The first-order chi connectivity index (χ1) is 14.6. The Kier molecular flexibility index (Phi) is 6.32. The maximum atomic E-state index is 12.1. The van der Waals surface area contributed by atoms with Gasteiger partial charge in [-0.3, -0.25) is 0 Å². The summed E-state index contributed by atoms with van der Waals surface area (Å²) in [6, 6.07) is 0. The van der Waals surface area contributed by atoms with Gasteiger partial charge in [0.1, 0.15) is 0 Å². The minimum absolute atomic E-state index is 0.0110. The third-order valence-corrected chi connectivity index (χ3v) is 12.1. The molecule has 32 heavy (non-hydrogen) atoms. The second kappa shape index (κ2) is 8.04. The lowest BCUT2D eigenvalue weighted by molar-refractivity contribution is -0.167. The molecule has 3 nitrogen and oxygen atoms in total. The number of hydrogen-bond acceptors (Lipinski definition) is 3. The van der Waals surface area contributed by atoms with Gasteiger partial charge in [0.25, 0.3) is 0 Å². The van der Waals surface area contributed by atoms with E-state index < -0.39 is 22.2 Å². The van der Waals surface area contributed by atoms with Gasteiger partial charge >= 0.3 is 0 Å². The van der Waals surface area contributed by atoms with Crippen molar-refractivity contribution in [3.8, 4) is 0 Å². The average molecular weight is 479 g/mol. The molecule has 184 valence electrons. The van der Waals surface area contributed by atoms with Crippen molar-refractivity contribution in [2.45, 2.75) is 129 Å². The average Bonchev–Trinajstić information content (AvgIpc) is 2.92. The predicted octanol–water partition coefficient (Wildman–Crippen LogP) is 7.14. The molecule has 4 rings (SSSR count). The summed E-state index contributed by atoms with van der Waals surface area (Å²) in [5.41, 5.74) is 1.34. The van der Waals surface area contributed by atoms with Crippen molar-refractivity contribution in [1.29, 1.82) is 0 Å².